The van der Waals surface area contributed by atoms with Crippen LogP contribution in [-0.4, -0.2) is 39.7 Å². The van der Waals surface area contributed by atoms with Crippen LogP contribution in [0.4, 0.5) is 4.39 Å². The number of aromatic nitrogens is 1. The molecule has 4 rings (SSSR count). The summed E-state index contributed by atoms with van der Waals surface area (Å²) in [6, 6.07) is 10.8. The van der Waals surface area contributed by atoms with Gasteiger partial charge >= 0.3 is 0 Å². The number of rotatable bonds is 3. The van der Waals surface area contributed by atoms with Gasteiger partial charge in [0, 0.05) is 48.8 Å². The van der Waals surface area contributed by atoms with Crippen LogP contribution in [0.5, 0.6) is 0 Å². The van der Waals surface area contributed by atoms with Crippen LogP contribution < -0.4 is 5.32 Å². The minimum Gasteiger partial charge on any atom is -0.360 e. The van der Waals surface area contributed by atoms with E-state index < -0.39 is 11.0 Å². The Morgan fingerprint density at radius 1 is 1.12 bits per heavy atom. The van der Waals surface area contributed by atoms with Crippen molar-refractivity contribution < 1.29 is 8.60 Å². The van der Waals surface area contributed by atoms with Gasteiger partial charge in [-0.1, -0.05) is 12.1 Å². The summed E-state index contributed by atoms with van der Waals surface area (Å²) in [5, 5.41) is 4.26. The minimum atomic E-state index is -1.13. The number of fused-ring (bicyclic) bond motifs is 1. The first-order chi connectivity index (χ1) is 12.1. The summed E-state index contributed by atoms with van der Waals surface area (Å²) >= 11 is 0. The topological polar surface area (TPSA) is 48.1 Å². The number of aromatic amines is 1. The molecule has 0 spiro atoms. The quantitative estimate of drug-likeness (QED) is 0.756. The van der Waals surface area contributed by atoms with Gasteiger partial charge in [0.2, 0.25) is 0 Å². The summed E-state index contributed by atoms with van der Waals surface area (Å²) in [5.74, 6) is -0.251. The lowest BCUT2D eigenvalue weighted by molar-refractivity contribution is 0.380. The average molecular weight is 357 g/mol. The maximum Gasteiger partial charge on any atom is 0.127 e. The maximum absolute atomic E-state index is 13.4. The number of H-pyrrole nitrogens is 1. The van der Waals surface area contributed by atoms with Gasteiger partial charge in [0.15, 0.2) is 0 Å². The number of piperazine rings is 1. The fourth-order valence-electron chi connectivity index (χ4n) is 3.30. The molecule has 1 aromatic heterocycles. The highest BCUT2D eigenvalue weighted by Crippen LogP contribution is 2.31. The van der Waals surface area contributed by atoms with Crippen molar-refractivity contribution >= 4 is 21.9 Å². The van der Waals surface area contributed by atoms with Gasteiger partial charge < -0.3 is 10.3 Å². The Kier molecular flexibility index (Phi) is 4.41. The highest BCUT2D eigenvalue weighted by Gasteiger charge is 2.19. The molecule has 1 aliphatic rings. The SMILES string of the molecule is Cc1cc(-c2c[nH]c3cc(F)ccc23)ccc1S(=O)N1CCNCC1. The van der Waals surface area contributed by atoms with E-state index in [1.54, 1.807) is 6.07 Å². The molecule has 25 heavy (non-hydrogen) atoms. The van der Waals surface area contributed by atoms with Crippen LogP contribution in [-0.2, 0) is 11.0 Å². The van der Waals surface area contributed by atoms with E-state index in [0.717, 1.165) is 58.7 Å². The Hall–Kier alpha value is -2.02. The zero-order valence-corrected chi connectivity index (χ0v) is 14.8. The van der Waals surface area contributed by atoms with Crippen LogP contribution in [0.3, 0.4) is 0 Å². The standard InChI is InChI=1S/C19H20FN3OS/c1-13-10-14(17-12-22-18-11-15(20)3-4-16(17)18)2-5-19(13)25(24)23-8-6-21-7-9-23/h2-5,10-12,21-22H,6-9H2,1H3. The third kappa shape index (κ3) is 3.13. The van der Waals surface area contributed by atoms with Crippen molar-refractivity contribution in [3.8, 4) is 11.1 Å². The third-order valence-electron chi connectivity index (χ3n) is 4.63. The monoisotopic (exact) mass is 357 g/mol. The molecular weight excluding hydrogens is 337 g/mol. The number of halogens is 1. The summed E-state index contributed by atoms with van der Waals surface area (Å²) in [6.45, 7) is 5.32. The van der Waals surface area contributed by atoms with Crippen LogP contribution in [0.15, 0.2) is 47.5 Å². The predicted octanol–water partition coefficient (Wildman–Crippen LogP) is 3.21. The lowest BCUT2D eigenvalue weighted by atomic mass is 10.0. The van der Waals surface area contributed by atoms with E-state index in [1.165, 1.54) is 12.1 Å². The second-order valence-electron chi connectivity index (χ2n) is 6.30. The molecule has 4 nitrogen and oxygen atoms in total. The lowest BCUT2D eigenvalue weighted by Crippen LogP contribution is -2.44. The van der Waals surface area contributed by atoms with Gasteiger partial charge in [-0.2, -0.15) is 0 Å². The molecular formula is C19H20FN3OS. The van der Waals surface area contributed by atoms with Gasteiger partial charge in [-0.25, -0.2) is 12.9 Å². The largest absolute Gasteiger partial charge is 0.360 e. The van der Waals surface area contributed by atoms with Gasteiger partial charge in [0.25, 0.3) is 0 Å². The van der Waals surface area contributed by atoms with Gasteiger partial charge in [-0.05, 0) is 42.3 Å². The van der Waals surface area contributed by atoms with E-state index in [1.807, 2.05) is 29.6 Å². The first kappa shape index (κ1) is 16.4. The Labute approximate surface area is 148 Å². The highest BCUT2D eigenvalue weighted by atomic mass is 32.2. The molecule has 3 aromatic rings. The molecule has 1 saturated heterocycles. The maximum atomic E-state index is 13.4. The van der Waals surface area contributed by atoms with E-state index >= 15 is 0 Å². The predicted molar refractivity (Wildman–Crippen MR) is 99.3 cm³/mol. The zero-order valence-electron chi connectivity index (χ0n) is 14.0. The van der Waals surface area contributed by atoms with Crippen molar-refractivity contribution in [1.82, 2.24) is 14.6 Å². The van der Waals surface area contributed by atoms with E-state index in [-0.39, 0.29) is 5.82 Å². The van der Waals surface area contributed by atoms with Crippen molar-refractivity contribution in [2.75, 3.05) is 26.2 Å². The number of hydrogen-bond acceptors (Lipinski definition) is 2. The van der Waals surface area contributed by atoms with Crippen LogP contribution >= 0.6 is 0 Å². The number of aryl methyl sites for hydroxylation is 1. The fraction of sp³-hybridized carbons (Fsp3) is 0.263. The Morgan fingerprint density at radius 3 is 2.68 bits per heavy atom. The van der Waals surface area contributed by atoms with Gasteiger partial charge in [-0.15, -0.1) is 0 Å². The Balaban J connectivity index is 1.68. The average Bonchev–Trinajstić information content (AvgIpc) is 3.04. The second-order valence-corrected chi connectivity index (χ2v) is 7.76. The van der Waals surface area contributed by atoms with Gasteiger partial charge in [0.05, 0.1) is 4.90 Å². The molecule has 130 valence electrons. The number of hydrogen-bond donors (Lipinski definition) is 2. The smallest absolute Gasteiger partial charge is 0.127 e. The lowest BCUT2D eigenvalue weighted by Gasteiger charge is -2.26. The Morgan fingerprint density at radius 2 is 1.92 bits per heavy atom. The summed E-state index contributed by atoms with van der Waals surface area (Å²) in [4.78, 5) is 3.98. The number of nitrogens with zero attached hydrogens (tertiary/aromatic N) is 1. The van der Waals surface area contributed by atoms with Crippen molar-refractivity contribution in [1.29, 1.82) is 0 Å². The van der Waals surface area contributed by atoms with E-state index in [4.69, 9.17) is 0 Å². The normalized spacial score (nSPS) is 17.0. The molecule has 0 radical (unpaired) electrons. The molecule has 1 unspecified atom stereocenters. The Bertz CT molecular complexity index is 947. The van der Waals surface area contributed by atoms with Crippen LogP contribution in [0.2, 0.25) is 0 Å². The first-order valence-corrected chi connectivity index (χ1v) is 9.49. The highest BCUT2D eigenvalue weighted by molar-refractivity contribution is 7.82. The van der Waals surface area contributed by atoms with Crippen molar-refractivity contribution in [3.05, 3.63) is 54.0 Å². The molecule has 6 heteroatoms. The molecule has 0 aliphatic carbocycles. The summed E-state index contributed by atoms with van der Waals surface area (Å²) in [6.07, 6.45) is 1.89. The fourth-order valence-corrected chi connectivity index (χ4v) is 4.61. The molecule has 2 aromatic carbocycles. The molecule has 0 bridgehead atoms. The third-order valence-corrected chi connectivity index (χ3v) is 6.30. The number of benzene rings is 2. The zero-order chi connectivity index (χ0) is 17.4. The van der Waals surface area contributed by atoms with Crippen LogP contribution in [0, 0.1) is 12.7 Å². The van der Waals surface area contributed by atoms with Crippen molar-refractivity contribution in [2.45, 2.75) is 11.8 Å². The summed E-state index contributed by atoms with van der Waals surface area (Å²) < 4.78 is 28.2. The van der Waals surface area contributed by atoms with Gasteiger partial charge in [-0.3, -0.25) is 0 Å². The molecule has 0 amide bonds. The van der Waals surface area contributed by atoms with E-state index in [2.05, 4.69) is 16.4 Å². The van der Waals surface area contributed by atoms with Crippen LogP contribution in [0.25, 0.3) is 22.0 Å². The molecule has 1 atom stereocenters. The van der Waals surface area contributed by atoms with Crippen molar-refractivity contribution in [3.63, 3.8) is 0 Å². The molecule has 0 saturated carbocycles. The molecule has 1 aliphatic heterocycles. The number of nitrogens with one attached hydrogen (secondary N) is 2. The first-order valence-electron chi connectivity index (χ1n) is 8.39. The van der Waals surface area contributed by atoms with Crippen molar-refractivity contribution in [2.24, 2.45) is 0 Å². The van der Waals surface area contributed by atoms with Crippen LogP contribution in [0.1, 0.15) is 5.56 Å². The second kappa shape index (κ2) is 6.71. The minimum absolute atomic E-state index is 0.251. The molecule has 2 N–H and O–H groups in total. The molecule has 1 fully saturated rings. The molecule has 2 heterocycles. The summed E-state index contributed by atoms with van der Waals surface area (Å²) in [5.41, 5.74) is 3.85. The van der Waals surface area contributed by atoms with E-state index in [0.29, 0.717) is 0 Å². The van der Waals surface area contributed by atoms with Gasteiger partial charge in [0.1, 0.15) is 16.8 Å². The summed E-state index contributed by atoms with van der Waals surface area (Å²) in [7, 11) is -1.13. The van der Waals surface area contributed by atoms with E-state index in [9.17, 15) is 8.60 Å².